The molecule has 0 bridgehead atoms. The van der Waals surface area contributed by atoms with Gasteiger partial charge in [-0.2, -0.15) is 0 Å². The second-order valence-corrected chi connectivity index (χ2v) is 8.35. The molecule has 1 aromatic carbocycles. The number of fused-ring (bicyclic) bond motifs is 2. The van der Waals surface area contributed by atoms with E-state index in [-0.39, 0.29) is 6.04 Å². The van der Waals surface area contributed by atoms with Gasteiger partial charge in [-0.05, 0) is 26.9 Å². The molecule has 4 heterocycles. The van der Waals surface area contributed by atoms with E-state index in [0.717, 1.165) is 66.2 Å². The molecule has 1 saturated heterocycles. The van der Waals surface area contributed by atoms with E-state index in [9.17, 15) is 0 Å². The molecule has 3 aromatic heterocycles. The number of rotatable bonds is 8. The minimum Gasteiger partial charge on any atom is -0.489 e. The van der Waals surface area contributed by atoms with Crippen molar-refractivity contribution < 1.29 is 4.74 Å². The predicted molar refractivity (Wildman–Crippen MR) is 126 cm³/mol. The largest absolute Gasteiger partial charge is 0.489 e. The number of aromatic nitrogens is 5. The summed E-state index contributed by atoms with van der Waals surface area (Å²) >= 11 is 0. The molecule has 1 aliphatic rings. The predicted octanol–water partition coefficient (Wildman–Crippen LogP) is 2.92. The molecule has 0 amide bonds. The molecule has 9 nitrogen and oxygen atoms in total. The van der Waals surface area contributed by atoms with Gasteiger partial charge in [0.05, 0.1) is 18.6 Å². The van der Waals surface area contributed by atoms with Gasteiger partial charge < -0.3 is 24.8 Å². The number of H-pyrrole nitrogens is 1. The third kappa shape index (κ3) is 4.03. The third-order valence-electron chi connectivity index (χ3n) is 5.89. The van der Waals surface area contributed by atoms with Gasteiger partial charge in [0.1, 0.15) is 30.0 Å². The molecule has 2 N–H and O–H groups in total. The molecule has 1 fully saturated rings. The molecule has 0 radical (unpaired) electrons. The van der Waals surface area contributed by atoms with Crippen LogP contribution < -0.4 is 15.0 Å². The monoisotopic (exact) mass is 432 g/mol. The van der Waals surface area contributed by atoms with Crippen LogP contribution in [0.15, 0.2) is 43.1 Å². The van der Waals surface area contributed by atoms with Crippen LogP contribution in [-0.4, -0.2) is 76.2 Å². The van der Waals surface area contributed by atoms with E-state index in [4.69, 9.17) is 4.74 Å². The fourth-order valence-corrected chi connectivity index (χ4v) is 4.26. The summed E-state index contributed by atoms with van der Waals surface area (Å²) in [7, 11) is 4.13. The van der Waals surface area contributed by atoms with E-state index < -0.39 is 0 Å². The highest BCUT2D eigenvalue weighted by Gasteiger charge is 2.28. The summed E-state index contributed by atoms with van der Waals surface area (Å²) in [4.78, 5) is 25.3. The Balaban J connectivity index is 1.34. The van der Waals surface area contributed by atoms with Crippen molar-refractivity contribution in [3.63, 3.8) is 0 Å². The number of aromatic amines is 1. The number of pyridine rings is 1. The first-order valence-electron chi connectivity index (χ1n) is 11.0. The Hall–Kier alpha value is -3.46. The molecule has 1 aliphatic heterocycles. The molecule has 4 aromatic rings. The molecule has 0 aliphatic carbocycles. The van der Waals surface area contributed by atoms with E-state index in [1.807, 2.05) is 18.3 Å². The van der Waals surface area contributed by atoms with Gasteiger partial charge in [0.25, 0.3) is 0 Å². The van der Waals surface area contributed by atoms with Crippen molar-refractivity contribution in [2.24, 2.45) is 0 Å². The standard InChI is InChI=1S/C23H28N8O/c1-30(2)11-9-24-21-18-8-4-3-7-17(18)19(12-25-21)32-13-16-6-5-10-31(16)23-20-22(27-14-26-20)28-15-29-23/h3-4,7-8,12,14-16H,5-6,9-11,13H2,1-2H3,(H,24,25)(H,26,27,28,29). The number of hydrogen-bond acceptors (Lipinski definition) is 8. The Morgan fingerprint density at radius 3 is 2.91 bits per heavy atom. The SMILES string of the molecule is CN(C)CCNc1ncc(OCC2CCCN2c2ncnc3nc[nH]c23)c2ccccc12. The Kier molecular flexibility index (Phi) is 5.72. The molecule has 5 rings (SSSR count). The van der Waals surface area contributed by atoms with E-state index >= 15 is 0 Å². The van der Waals surface area contributed by atoms with Crippen molar-refractivity contribution in [1.29, 1.82) is 0 Å². The second kappa shape index (κ2) is 8.96. The number of likely N-dealkylation sites (N-methyl/N-ethyl adjacent to an activating group) is 1. The lowest BCUT2D eigenvalue weighted by atomic mass is 10.1. The molecule has 1 unspecified atom stereocenters. The Morgan fingerprint density at radius 2 is 2.03 bits per heavy atom. The number of hydrogen-bond donors (Lipinski definition) is 2. The second-order valence-electron chi connectivity index (χ2n) is 8.35. The highest BCUT2D eigenvalue weighted by Crippen LogP contribution is 2.32. The normalized spacial score (nSPS) is 16.3. The highest BCUT2D eigenvalue weighted by molar-refractivity contribution is 5.95. The van der Waals surface area contributed by atoms with Gasteiger partial charge >= 0.3 is 0 Å². The van der Waals surface area contributed by atoms with Crippen molar-refractivity contribution in [3.8, 4) is 5.75 Å². The van der Waals surface area contributed by atoms with Gasteiger partial charge in [-0.15, -0.1) is 0 Å². The lowest BCUT2D eigenvalue weighted by molar-refractivity contribution is 0.290. The van der Waals surface area contributed by atoms with Gasteiger partial charge in [-0.25, -0.2) is 19.9 Å². The molecular weight excluding hydrogens is 404 g/mol. The smallest absolute Gasteiger partial charge is 0.182 e. The molecule has 32 heavy (non-hydrogen) atoms. The summed E-state index contributed by atoms with van der Waals surface area (Å²) < 4.78 is 6.34. The number of ether oxygens (including phenoxy) is 1. The van der Waals surface area contributed by atoms with E-state index in [2.05, 4.69) is 66.3 Å². The Morgan fingerprint density at radius 1 is 1.16 bits per heavy atom. The molecule has 0 spiro atoms. The molecule has 0 saturated carbocycles. The molecule has 166 valence electrons. The van der Waals surface area contributed by atoms with Crippen LogP contribution in [-0.2, 0) is 0 Å². The first kappa shape index (κ1) is 20.4. The van der Waals surface area contributed by atoms with Crippen LogP contribution >= 0.6 is 0 Å². The quantitative estimate of drug-likeness (QED) is 0.439. The number of anilines is 2. The van der Waals surface area contributed by atoms with Crippen LogP contribution in [0.4, 0.5) is 11.6 Å². The fourth-order valence-electron chi connectivity index (χ4n) is 4.26. The number of nitrogens with zero attached hydrogens (tertiary/aromatic N) is 6. The van der Waals surface area contributed by atoms with Gasteiger partial charge in [0, 0.05) is 30.4 Å². The maximum Gasteiger partial charge on any atom is 0.182 e. The average molecular weight is 433 g/mol. The average Bonchev–Trinajstić information content (AvgIpc) is 3.47. The summed E-state index contributed by atoms with van der Waals surface area (Å²) in [5.74, 6) is 2.59. The maximum atomic E-state index is 6.34. The first-order chi connectivity index (χ1) is 15.7. The number of imidazole rings is 1. The molecular formula is C23H28N8O. The van der Waals surface area contributed by atoms with Crippen LogP contribution in [0.2, 0.25) is 0 Å². The first-order valence-corrected chi connectivity index (χ1v) is 11.0. The summed E-state index contributed by atoms with van der Waals surface area (Å²) in [6.07, 6.45) is 7.22. The zero-order valence-electron chi connectivity index (χ0n) is 18.5. The topological polar surface area (TPSA) is 95.1 Å². The minimum absolute atomic E-state index is 0.230. The summed E-state index contributed by atoms with van der Waals surface area (Å²) in [5.41, 5.74) is 1.56. The zero-order chi connectivity index (χ0) is 21.9. The third-order valence-corrected chi connectivity index (χ3v) is 5.89. The van der Waals surface area contributed by atoms with Crippen LogP contribution in [0.1, 0.15) is 12.8 Å². The Bertz CT molecular complexity index is 1210. The minimum atomic E-state index is 0.230. The van der Waals surface area contributed by atoms with Gasteiger partial charge in [0.2, 0.25) is 0 Å². The van der Waals surface area contributed by atoms with Crippen molar-refractivity contribution in [2.75, 3.05) is 50.6 Å². The van der Waals surface area contributed by atoms with E-state index in [1.54, 1.807) is 12.7 Å². The number of benzene rings is 1. The highest BCUT2D eigenvalue weighted by atomic mass is 16.5. The number of nitrogens with one attached hydrogen (secondary N) is 2. The van der Waals surface area contributed by atoms with Crippen molar-refractivity contribution in [2.45, 2.75) is 18.9 Å². The fraction of sp³-hybridized carbons (Fsp3) is 0.391. The lowest BCUT2D eigenvalue weighted by Gasteiger charge is -2.26. The van der Waals surface area contributed by atoms with Crippen molar-refractivity contribution in [1.82, 2.24) is 29.8 Å². The van der Waals surface area contributed by atoms with Gasteiger partial charge in [-0.1, -0.05) is 24.3 Å². The molecule has 1 atom stereocenters. The summed E-state index contributed by atoms with van der Waals surface area (Å²) in [6, 6.07) is 8.48. The van der Waals surface area contributed by atoms with Crippen LogP contribution in [0.25, 0.3) is 21.9 Å². The Labute approximate surface area is 186 Å². The van der Waals surface area contributed by atoms with E-state index in [0.29, 0.717) is 12.3 Å². The zero-order valence-corrected chi connectivity index (χ0v) is 18.5. The van der Waals surface area contributed by atoms with Crippen molar-refractivity contribution >= 4 is 33.6 Å². The summed E-state index contributed by atoms with van der Waals surface area (Å²) in [5, 5.41) is 5.58. The van der Waals surface area contributed by atoms with Crippen molar-refractivity contribution in [3.05, 3.63) is 43.1 Å². The lowest BCUT2D eigenvalue weighted by Crippen LogP contribution is -2.35. The van der Waals surface area contributed by atoms with E-state index in [1.165, 1.54) is 0 Å². The van der Waals surface area contributed by atoms with Crippen LogP contribution in [0.3, 0.4) is 0 Å². The van der Waals surface area contributed by atoms with Gasteiger partial charge in [-0.3, -0.25) is 0 Å². The van der Waals surface area contributed by atoms with Gasteiger partial charge in [0.15, 0.2) is 11.5 Å². The van der Waals surface area contributed by atoms with Crippen LogP contribution in [0, 0.1) is 0 Å². The van der Waals surface area contributed by atoms with Crippen LogP contribution in [0.5, 0.6) is 5.75 Å². The molecule has 9 heteroatoms. The summed E-state index contributed by atoms with van der Waals surface area (Å²) in [6.45, 7) is 3.28. The maximum absolute atomic E-state index is 6.34.